The molecule has 0 saturated carbocycles. The summed E-state index contributed by atoms with van der Waals surface area (Å²) in [6.07, 6.45) is 4.25. The molecule has 0 radical (unpaired) electrons. The first kappa shape index (κ1) is 18.3. The van der Waals surface area contributed by atoms with Gasteiger partial charge in [0.25, 0.3) is 5.91 Å². The highest BCUT2D eigenvalue weighted by atomic mass is 16.2. The fourth-order valence-corrected chi connectivity index (χ4v) is 3.74. The number of nitrogens with one attached hydrogen (secondary N) is 1. The van der Waals surface area contributed by atoms with Gasteiger partial charge in [-0.1, -0.05) is 35.9 Å². The molecule has 2 aromatic carbocycles. The minimum Gasteiger partial charge on any atom is -0.372 e. The molecule has 2 fully saturated rings. The van der Waals surface area contributed by atoms with Crippen molar-refractivity contribution < 1.29 is 9.59 Å². The van der Waals surface area contributed by atoms with E-state index in [2.05, 4.69) is 22.3 Å². The Balaban J connectivity index is 1.52. The molecule has 0 spiro atoms. The summed E-state index contributed by atoms with van der Waals surface area (Å²) in [5.41, 5.74) is 5.67. The number of aryl methyl sites for hydroxylation is 2. The van der Waals surface area contributed by atoms with Crippen LogP contribution in [0.1, 0.15) is 35.1 Å². The minimum atomic E-state index is -0.372. The lowest BCUT2D eigenvalue weighted by molar-refractivity contribution is -0.123. The van der Waals surface area contributed by atoms with Crippen molar-refractivity contribution in [2.24, 2.45) is 0 Å². The Morgan fingerprint density at radius 3 is 2.39 bits per heavy atom. The van der Waals surface area contributed by atoms with Crippen molar-refractivity contribution in [2.45, 2.75) is 33.2 Å². The van der Waals surface area contributed by atoms with Gasteiger partial charge in [0.2, 0.25) is 0 Å². The second kappa shape index (κ2) is 7.50. The van der Waals surface area contributed by atoms with E-state index in [4.69, 9.17) is 0 Å². The van der Waals surface area contributed by atoms with E-state index in [1.54, 1.807) is 6.08 Å². The van der Waals surface area contributed by atoms with Gasteiger partial charge in [0.05, 0.1) is 6.54 Å². The molecule has 0 unspecified atom stereocenters. The van der Waals surface area contributed by atoms with E-state index in [0.717, 1.165) is 35.3 Å². The molecular weight excluding hydrogens is 350 g/mol. The van der Waals surface area contributed by atoms with Crippen LogP contribution in [0, 0.1) is 13.8 Å². The maximum atomic E-state index is 12.7. The summed E-state index contributed by atoms with van der Waals surface area (Å²) in [5.74, 6) is -0.284. The molecule has 28 heavy (non-hydrogen) atoms. The first-order chi connectivity index (χ1) is 13.5. The van der Waals surface area contributed by atoms with Crippen LogP contribution in [0.5, 0.6) is 0 Å². The lowest BCUT2D eigenvalue weighted by atomic mass is 10.1. The molecule has 0 aliphatic carbocycles. The number of amides is 3. The Hall–Kier alpha value is -3.08. The molecule has 4 rings (SSSR count). The summed E-state index contributed by atoms with van der Waals surface area (Å²) >= 11 is 0. The Labute approximate surface area is 165 Å². The van der Waals surface area contributed by atoms with Crippen molar-refractivity contribution in [3.05, 3.63) is 70.4 Å². The molecule has 2 heterocycles. The van der Waals surface area contributed by atoms with Gasteiger partial charge in [-0.2, -0.15) is 0 Å². The van der Waals surface area contributed by atoms with Crippen LogP contribution in [-0.2, 0) is 11.3 Å². The van der Waals surface area contributed by atoms with E-state index in [-0.39, 0.29) is 18.5 Å². The maximum absolute atomic E-state index is 12.7. The van der Waals surface area contributed by atoms with E-state index < -0.39 is 0 Å². The zero-order valence-corrected chi connectivity index (χ0v) is 16.4. The third-order valence-corrected chi connectivity index (χ3v) is 5.45. The third-order valence-electron chi connectivity index (χ3n) is 5.45. The molecule has 0 aromatic heterocycles. The van der Waals surface area contributed by atoms with Crippen LogP contribution in [0.4, 0.5) is 10.5 Å². The maximum Gasteiger partial charge on any atom is 0.329 e. The summed E-state index contributed by atoms with van der Waals surface area (Å²) in [7, 11) is 0. The second-order valence-corrected chi connectivity index (χ2v) is 7.60. The molecular formula is C23H25N3O2. The van der Waals surface area contributed by atoms with Crippen molar-refractivity contribution in [2.75, 3.05) is 18.0 Å². The van der Waals surface area contributed by atoms with E-state index in [1.165, 1.54) is 23.4 Å². The number of rotatable bonds is 4. The first-order valence-electron chi connectivity index (χ1n) is 9.77. The average Bonchev–Trinajstić information content (AvgIpc) is 3.30. The fourth-order valence-electron chi connectivity index (χ4n) is 3.74. The molecule has 2 saturated heterocycles. The number of hydrogen-bond acceptors (Lipinski definition) is 3. The van der Waals surface area contributed by atoms with E-state index in [0.29, 0.717) is 5.70 Å². The van der Waals surface area contributed by atoms with Crippen LogP contribution in [0.15, 0.2) is 48.2 Å². The Kier molecular flexibility index (Phi) is 4.90. The van der Waals surface area contributed by atoms with Gasteiger partial charge in [-0.25, -0.2) is 4.79 Å². The van der Waals surface area contributed by atoms with Gasteiger partial charge in [-0.15, -0.1) is 0 Å². The number of urea groups is 1. The summed E-state index contributed by atoms with van der Waals surface area (Å²) in [5, 5.41) is 2.72. The molecule has 0 atom stereocenters. The van der Waals surface area contributed by atoms with Crippen molar-refractivity contribution in [1.29, 1.82) is 0 Å². The summed E-state index contributed by atoms with van der Waals surface area (Å²) < 4.78 is 0. The Morgan fingerprint density at radius 1 is 1.00 bits per heavy atom. The van der Waals surface area contributed by atoms with E-state index in [1.807, 2.05) is 44.2 Å². The van der Waals surface area contributed by atoms with Gasteiger partial charge in [-0.3, -0.25) is 9.69 Å². The van der Waals surface area contributed by atoms with Crippen LogP contribution in [0.25, 0.3) is 6.08 Å². The van der Waals surface area contributed by atoms with Crippen molar-refractivity contribution in [3.63, 3.8) is 0 Å². The lowest BCUT2D eigenvalue weighted by Gasteiger charge is -2.18. The van der Waals surface area contributed by atoms with Crippen molar-refractivity contribution in [3.8, 4) is 0 Å². The molecule has 1 N–H and O–H groups in total. The van der Waals surface area contributed by atoms with Crippen LogP contribution < -0.4 is 10.2 Å². The molecule has 3 amide bonds. The molecule has 0 bridgehead atoms. The van der Waals surface area contributed by atoms with Gasteiger partial charge >= 0.3 is 6.03 Å². The van der Waals surface area contributed by atoms with Gasteiger partial charge in [0.1, 0.15) is 5.70 Å². The minimum absolute atomic E-state index is 0.273. The number of anilines is 1. The standard InChI is InChI=1S/C23H25N3O2/c1-16-5-7-18(8-6-16)15-26-22(27)21(24-23(26)28)14-19-9-10-20(13-17(19)2)25-11-3-4-12-25/h5-10,13-14H,3-4,11-12,15H2,1-2H3,(H,24,28)/b21-14-. The third kappa shape index (κ3) is 3.65. The number of nitrogens with zero attached hydrogens (tertiary/aromatic N) is 2. The zero-order valence-electron chi connectivity index (χ0n) is 16.4. The van der Waals surface area contributed by atoms with Gasteiger partial charge in [-0.05, 0) is 61.6 Å². The number of carbonyl (C=O) groups excluding carboxylic acids is 2. The van der Waals surface area contributed by atoms with Gasteiger partial charge in [0, 0.05) is 18.8 Å². The average molecular weight is 375 g/mol. The number of hydrogen-bond donors (Lipinski definition) is 1. The highest BCUT2D eigenvalue weighted by molar-refractivity contribution is 6.14. The van der Waals surface area contributed by atoms with Crippen LogP contribution in [0.2, 0.25) is 0 Å². The van der Waals surface area contributed by atoms with Crippen LogP contribution in [0.3, 0.4) is 0 Å². The summed E-state index contributed by atoms with van der Waals surface area (Å²) in [4.78, 5) is 28.7. The molecule has 5 heteroatoms. The molecule has 2 aromatic rings. The number of imide groups is 1. The topological polar surface area (TPSA) is 52.7 Å². The zero-order chi connectivity index (χ0) is 19.7. The normalized spacial score (nSPS) is 18.3. The van der Waals surface area contributed by atoms with Crippen LogP contribution in [-0.4, -0.2) is 29.9 Å². The van der Waals surface area contributed by atoms with Crippen LogP contribution >= 0.6 is 0 Å². The predicted molar refractivity (Wildman–Crippen MR) is 111 cm³/mol. The molecule has 2 aliphatic heterocycles. The molecule has 144 valence electrons. The Bertz CT molecular complexity index is 941. The quantitative estimate of drug-likeness (QED) is 0.649. The SMILES string of the molecule is Cc1ccc(CN2C(=O)N/C(=C\c3ccc(N4CCCC4)cc3C)C2=O)cc1. The second-order valence-electron chi connectivity index (χ2n) is 7.60. The summed E-state index contributed by atoms with van der Waals surface area (Å²) in [6.45, 7) is 6.52. The smallest absolute Gasteiger partial charge is 0.329 e. The molecule has 2 aliphatic rings. The monoisotopic (exact) mass is 375 g/mol. The highest BCUT2D eigenvalue weighted by Crippen LogP contribution is 2.25. The van der Waals surface area contributed by atoms with Gasteiger partial charge in [0.15, 0.2) is 0 Å². The van der Waals surface area contributed by atoms with E-state index >= 15 is 0 Å². The predicted octanol–water partition coefficient (Wildman–Crippen LogP) is 4.00. The first-order valence-corrected chi connectivity index (χ1v) is 9.77. The van der Waals surface area contributed by atoms with Crippen molar-refractivity contribution in [1.82, 2.24) is 10.2 Å². The van der Waals surface area contributed by atoms with Crippen molar-refractivity contribution >= 4 is 23.7 Å². The largest absolute Gasteiger partial charge is 0.372 e. The fraction of sp³-hybridized carbons (Fsp3) is 0.304. The Morgan fingerprint density at radius 2 is 1.71 bits per heavy atom. The van der Waals surface area contributed by atoms with Gasteiger partial charge < -0.3 is 10.2 Å². The highest BCUT2D eigenvalue weighted by Gasteiger charge is 2.33. The van der Waals surface area contributed by atoms with E-state index in [9.17, 15) is 9.59 Å². The lowest BCUT2D eigenvalue weighted by Crippen LogP contribution is -2.30. The molecule has 5 nitrogen and oxygen atoms in total. The number of carbonyl (C=O) groups is 2. The summed E-state index contributed by atoms with van der Waals surface area (Å²) in [6, 6.07) is 13.8. The number of benzene rings is 2.